The second-order valence-corrected chi connectivity index (χ2v) is 4.46. The van der Waals surface area contributed by atoms with E-state index in [1.807, 2.05) is 25.5 Å². The van der Waals surface area contributed by atoms with Crippen molar-refractivity contribution in [3.05, 3.63) is 30.1 Å². The van der Waals surface area contributed by atoms with E-state index in [2.05, 4.69) is 10.4 Å². The van der Waals surface area contributed by atoms with Gasteiger partial charge in [0.25, 0.3) is 0 Å². The number of fused-ring (bicyclic) bond motifs is 1. The molecule has 1 aliphatic rings. The molecule has 0 fully saturated rings. The van der Waals surface area contributed by atoms with Crippen LogP contribution in [0.25, 0.3) is 0 Å². The Morgan fingerprint density at radius 1 is 1.32 bits per heavy atom. The van der Waals surface area contributed by atoms with Gasteiger partial charge in [-0.2, -0.15) is 5.10 Å². The SMILES string of the molecule is Cn1cc(CNc2cc3c(cc2N)OCCO3)cn1. The van der Waals surface area contributed by atoms with Gasteiger partial charge in [0.1, 0.15) is 13.2 Å². The van der Waals surface area contributed by atoms with E-state index >= 15 is 0 Å². The van der Waals surface area contributed by atoms with Gasteiger partial charge in [-0.3, -0.25) is 4.68 Å². The van der Waals surface area contributed by atoms with E-state index in [-0.39, 0.29) is 0 Å². The molecule has 19 heavy (non-hydrogen) atoms. The summed E-state index contributed by atoms with van der Waals surface area (Å²) in [6, 6.07) is 3.67. The second-order valence-electron chi connectivity index (χ2n) is 4.46. The maximum Gasteiger partial charge on any atom is 0.163 e. The summed E-state index contributed by atoms with van der Waals surface area (Å²) in [7, 11) is 1.89. The number of aryl methyl sites for hydroxylation is 1. The molecule has 0 unspecified atom stereocenters. The largest absolute Gasteiger partial charge is 0.486 e. The van der Waals surface area contributed by atoms with Gasteiger partial charge in [0, 0.05) is 37.5 Å². The molecular weight excluding hydrogens is 244 g/mol. The zero-order chi connectivity index (χ0) is 13.2. The molecule has 0 saturated carbocycles. The van der Waals surface area contributed by atoms with Crippen LogP contribution in [0, 0.1) is 0 Å². The van der Waals surface area contributed by atoms with Crippen molar-refractivity contribution in [2.45, 2.75) is 6.54 Å². The average Bonchev–Trinajstić information content (AvgIpc) is 2.82. The van der Waals surface area contributed by atoms with E-state index in [1.54, 1.807) is 10.7 Å². The fraction of sp³-hybridized carbons (Fsp3) is 0.308. The topological polar surface area (TPSA) is 74.3 Å². The molecule has 2 aromatic rings. The lowest BCUT2D eigenvalue weighted by atomic mass is 10.2. The average molecular weight is 260 g/mol. The Morgan fingerprint density at radius 2 is 2.05 bits per heavy atom. The number of nitrogens with zero attached hydrogens (tertiary/aromatic N) is 2. The second kappa shape index (κ2) is 4.72. The molecule has 6 heteroatoms. The summed E-state index contributed by atoms with van der Waals surface area (Å²) in [4.78, 5) is 0. The van der Waals surface area contributed by atoms with Crippen molar-refractivity contribution >= 4 is 11.4 Å². The number of nitrogens with one attached hydrogen (secondary N) is 1. The first-order chi connectivity index (χ1) is 9.22. The molecule has 0 amide bonds. The summed E-state index contributed by atoms with van der Waals surface area (Å²) in [5.74, 6) is 1.44. The third kappa shape index (κ3) is 2.42. The number of rotatable bonds is 3. The third-order valence-electron chi connectivity index (χ3n) is 2.96. The molecular formula is C13H16N4O2. The first-order valence-electron chi connectivity index (χ1n) is 6.13. The third-order valence-corrected chi connectivity index (χ3v) is 2.96. The zero-order valence-electron chi connectivity index (χ0n) is 10.7. The van der Waals surface area contributed by atoms with E-state index in [9.17, 15) is 0 Å². The van der Waals surface area contributed by atoms with Crippen molar-refractivity contribution in [1.82, 2.24) is 9.78 Å². The van der Waals surface area contributed by atoms with Crippen LogP contribution in [0.3, 0.4) is 0 Å². The molecule has 3 rings (SSSR count). The van der Waals surface area contributed by atoms with Gasteiger partial charge in [-0.25, -0.2) is 0 Å². The normalized spacial score (nSPS) is 13.3. The van der Waals surface area contributed by atoms with Crippen LogP contribution in [0.4, 0.5) is 11.4 Å². The zero-order valence-corrected chi connectivity index (χ0v) is 10.7. The highest BCUT2D eigenvalue weighted by Crippen LogP contribution is 2.37. The van der Waals surface area contributed by atoms with E-state index < -0.39 is 0 Å². The van der Waals surface area contributed by atoms with Gasteiger partial charge in [-0.05, 0) is 0 Å². The maximum atomic E-state index is 6.00. The smallest absolute Gasteiger partial charge is 0.163 e. The lowest BCUT2D eigenvalue weighted by molar-refractivity contribution is 0.172. The van der Waals surface area contributed by atoms with Gasteiger partial charge in [-0.1, -0.05) is 0 Å². The Morgan fingerprint density at radius 3 is 2.74 bits per heavy atom. The molecule has 1 aromatic carbocycles. The van der Waals surface area contributed by atoms with Crippen LogP contribution in [0.2, 0.25) is 0 Å². The molecule has 0 spiro atoms. The lowest BCUT2D eigenvalue weighted by Gasteiger charge is -2.20. The lowest BCUT2D eigenvalue weighted by Crippen LogP contribution is -2.16. The summed E-state index contributed by atoms with van der Waals surface area (Å²) < 4.78 is 12.8. The minimum Gasteiger partial charge on any atom is -0.486 e. The predicted molar refractivity (Wildman–Crippen MR) is 72.4 cm³/mol. The first kappa shape index (κ1) is 11.7. The molecule has 1 aromatic heterocycles. The first-order valence-corrected chi connectivity index (χ1v) is 6.13. The van der Waals surface area contributed by atoms with Crippen molar-refractivity contribution in [2.24, 2.45) is 7.05 Å². The molecule has 3 N–H and O–H groups in total. The fourth-order valence-corrected chi connectivity index (χ4v) is 2.02. The number of ether oxygens (including phenoxy) is 2. The quantitative estimate of drug-likeness (QED) is 0.816. The Balaban J connectivity index is 1.77. The number of benzene rings is 1. The molecule has 1 aliphatic heterocycles. The Hall–Kier alpha value is -2.37. The Labute approximate surface area is 111 Å². The van der Waals surface area contributed by atoms with E-state index in [0.717, 1.165) is 17.0 Å². The standard InChI is InChI=1S/C13H16N4O2/c1-17-8-9(7-16-17)6-15-11-5-13-12(4-10(11)14)18-2-3-19-13/h4-5,7-8,15H,2-3,6,14H2,1H3. The molecule has 0 radical (unpaired) electrons. The highest BCUT2D eigenvalue weighted by atomic mass is 16.6. The van der Waals surface area contributed by atoms with Gasteiger partial charge in [-0.15, -0.1) is 0 Å². The highest BCUT2D eigenvalue weighted by Gasteiger charge is 2.14. The number of aromatic nitrogens is 2. The van der Waals surface area contributed by atoms with E-state index in [4.69, 9.17) is 15.2 Å². The van der Waals surface area contributed by atoms with Gasteiger partial charge in [0.2, 0.25) is 0 Å². The fourth-order valence-electron chi connectivity index (χ4n) is 2.02. The van der Waals surface area contributed by atoms with Gasteiger partial charge in [0.15, 0.2) is 11.5 Å². The molecule has 2 heterocycles. The number of hydrogen-bond donors (Lipinski definition) is 2. The van der Waals surface area contributed by atoms with Crippen LogP contribution in [0.1, 0.15) is 5.56 Å². The minimum atomic E-state index is 0.564. The van der Waals surface area contributed by atoms with Crippen molar-refractivity contribution in [3.63, 3.8) is 0 Å². The molecule has 6 nitrogen and oxygen atoms in total. The van der Waals surface area contributed by atoms with Crippen LogP contribution in [0.15, 0.2) is 24.5 Å². The van der Waals surface area contributed by atoms with Crippen LogP contribution >= 0.6 is 0 Å². The van der Waals surface area contributed by atoms with E-state index in [1.165, 1.54) is 0 Å². The van der Waals surface area contributed by atoms with Crippen LogP contribution in [-0.4, -0.2) is 23.0 Å². The minimum absolute atomic E-state index is 0.564. The summed E-state index contributed by atoms with van der Waals surface area (Å²) in [5, 5.41) is 7.40. The van der Waals surface area contributed by atoms with Crippen molar-refractivity contribution in [3.8, 4) is 11.5 Å². The summed E-state index contributed by atoms with van der Waals surface area (Å²) in [6.07, 6.45) is 3.78. The monoisotopic (exact) mass is 260 g/mol. The molecule has 0 atom stereocenters. The number of anilines is 2. The molecule has 0 aliphatic carbocycles. The predicted octanol–water partition coefficient (Wildman–Crippen LogP) is 1.39. The van der Waals surface area contributed by atoms with Crippen LogP contribution in [0.5, 0.6) is 11.5 Å². The van der Waals surface area contributed by atoms with Crippen LogP contribution < -0.4 is 20.5 Å². The highest BCUT2D eigenvalue weighted by molar-refractivity contribution is 5.72. The van der Waals surface area contributed by atoms with Gasteiger partial charge >= 0.3 is 0 Å². The van der Waals surface area contributed by atoms with Crippen LogP contribution in [-0.2, 0) is 13.6 Å². The summed E-state index contributed by atoms with van der Waals surface area (Å²) in [5.41, 5.74) is 8.58. The summed E-state index contributed by atoms with van der Waals surface area (Å²) >= 11 is 0. The number of nitrogen functional groups attached to an aromatic ring is 1. The van der Waals surface area contributed by atoms with Crippen molar-refractivity contribution in [2.75, 3.05) is 24.3 Å². The Bertz CT molecular complexity index is 594. The molecule has 0 saturated heterocycles. The Kier molecular flexibility index (Phi) is 2.91. The van der Waals surface area contributed by atoms with E-state index in [0.29, 0.717) is 31.2 Å². The number of hydrogen-bond acceptors (Lipinski definition) is 5. The number of nitrogens with two attached hydrogens (primary N) is 1. The van der Waals surface area contributed by atoms with Crippen molar-refractivity contribution < 1.29 is 9.47 Å². The summed E-state index contributed by atoms with van der Waals surface area (Å²) in [6.45, 7) is 1.80. The molecule has 0 bridgehead atoms. The van der Waals surface area contributed by atoms with Gasteiger partial charge < -0.3 is 20.5 Å². The maximum absolute atomic E-state index is 6.00. The molecule has 100 valence electrons. The van der Waals surface area contributed by atoms with Crippen molar-refractivity contribution in [1.29, 1.82) is 0 Å². The van der Waals surface area contributed by atoms with Gasteiger partial charge in [0.05, 0.1) is 17.6 Å².